The highest BCUT2D eigenvalue weighted by Crippen LogP contribution is 2.17. The van der Waals surface area contributed by atoms with Gasteiger partial charge in [-0.25, -0.2) is 8.42 Å². The quantitative estimate of drug-likeness (QED) is 0.666. The Morgan fingerprint density at radius 1 is 1.04 bits per heavy atom. The lowest BCUT2D eigenvalue weighted by Gasteiger charge is -2.14. The molecule has 0 aromatic heterocycles. The Morgan fingerprint density at radius 2 is 1.67 bits per heavy atom. The minimum absolute atomic E-state index is 0.0416. The van der Waals surface area contributed by atoms with E-state index < -0.39 is 10.0 Å². The summed E-state index contributed by atoms with van der Waals surface area (Å²) in [7, 11) is -1.19. The van der Waals surface area contributed by atoms with Crippen molar-refractivity contribution in [3.63, 3.8) is 0 Å². The van der Waals surface area contributed by atoms with Gasteiger partial charge in [-0.1, -0.05) is 22.7 Å². The summed E-state index contributed by atoms with van der Waals surface area (Å²) in [5.41, 5.74) is 0.976. The Bertz CT molecular complexity index is 883. The summed E-state index contributed by atoms with van der Waals surface area (Å²) < 4.78 is 24.9. The number of nitrogens with zero attached hydrogens (tertiary/aromatic N) is 1. The first-order valence-electron chi connectivity index (χ1n) is 8.11. The Labute approximate surface area is 158 Å². The highest BCUT2D eigenvalue weighted by atomic mass is 32.2. The Kier molecular flexibility index (Phi) is 7.05. The second-order valence-electron chi connectivity index (χ2n) is 5.54. The fourth-order valence-electron chi connectivity index (χ4n) is 2.16. The molecule has 0 atom stereocenters. The van der Waals surface area contributed by atoms with E-state index in [1.54, 1.807) is 24.3 Å². The second-order valence-corrected chi connectivity index (χ2v) is 7.48. The molecule has 2 amide bonds. The number of hydrogen-bond donors (Lipinski definition) is 2. The zero-order valence-electron chi connectivity index (χ0n) is 15.0. The summed E-state index contributed by atoms with van der Waals surface area (Å²) in [6.07, 6.45) is 0.0883. The molecule has 0 bridgehead atoms. The zero-order valence-corrected chi connectivity index (χ0v) is 15.8. The van der Waals surface area contributed by atoms with Crippen LogP contribution in [0.2, 0.25) is 0 Å². The van der Waals surface area contributed by atoms with Crippen LogP contribution < -0.4 is 10.6 Å². The van der Waals surface area contributed by atoms with Crippen LogP contribution in [0.3, 0.4) is 0 Å². The summed E-state index contributed by atoms with van der Waals surface area (Å²) in [5, 5.41) is 5.31. The summed E-state index contributed by atoms with van der Waals surface area (Å²) >= 11 is 0. The number of sulfonamides is 1. The van der Waals surface area contributed by atoms with Gasteiger partial charge in [0.05, 0.1) is 12.0 Å². The number of carbonyl (C=O) groups is 2. The lowest BCUT2D eigenvalue weighted by atomic mass is 10.2. The van der Waals surface area contributed by atoms with Crippen LogP contribution in [-0.2, 0) is 19.7 Å². The van der Waals surface area contributed by atoms with E-state index in [9.17, 15) is 18.0 Å². The Hall–Kier alpha value is -2.75. The molecule has 0 saturated heterocycles. The SMILES string of the molecule is CON(C)S(=O)(=O)c1ccc(NC(=O)CCNC(=O)c2ccccc2)cc1. The largest absolute Gasteiger partial charge is 0.352 e. The second kappa shape index (κ2) is 9.26. The molecule has 0 saturated carbocycles. The first-order valence-corrected chi connectivity index (χ1v) is 9.55. The van der Waals surface area contributed by atoms with Gasteiger partial charge in [0.25, 0.3) is 15.9 Å². The number of hydroxylamine groups is 1. The highest BCUT2D eigenvalue weighted by molar-refractivity contribution is 7.89. The Balaban J connectivity index is 1.85. The molecule has 0 spiro atoms. The molecule has 27 heavy (non-hydrogen) atoms. The first-order chi connectivity index (χ1) is 12.8. The fourth-order valence-corrected chi connectivity index (χ4v) is 3.13. The van der Waals surface area contributed by atoms with E-state index in [1.807, 2.05) is 6.07 Å². The normalized spacial score (nSPS) is 11.2. The van der Waals surface area contributed by atoms with Gasteiger partial charge in [0.15, 0.2) is 0 Å². The van der Waals surface area contributed by atoms with Gasteiger partial charge in [-0.15, -0.1) is 0 Å². The highest BCUT2D eigenvalue weighted by Gasteiger charge is 2.20. The molecule has 0 aliphatic carbocycles. The maximum absolute atomic E-state index is 12.1. The minimum atomic E-state index is -3.73. The molecule has 2 aromatic carbocycles. The van der Waals surface area contributed by atoms with Gasteiger partial charge in [-0.3, -0.25) is 14.4 Å². The minimum Gasteiger partial charge on any atom is -0.352 e. The van der Waals surface area contributed by atoms with Crippen LogP contribution in [0.25, 0.3) is 0 Å². The van der Waals surface area contributed by atoms with Crippen LogP contribution in [0.5, 0.6) is 0 Å². The standard InChI is InChI=1S/C18H21N3O5S/c1-21(26-2)27(24,25)16-10-8-15(9-11-16)20-17(22)12-13-19-18(23)14-6-4-3-5-7-14/h3-11H,12-13H2,1-2H3,(H,19,23)(H,20,22). The van der Waals surface area contributed by atoms with Crippen molar-refractivity contribution >= 4 is 27.5 Å². The number of carbonyl (C=O) groups excluding carboxylic acids is 2. The fraction of sp³-hybridized carbons (Fsp3) is 0.222. The smallest absolute Gasteiger partial charge is 0.264 e. The molecular weight excluding hydrogens is 370 g/mol. The lowest BCUT2D eigenvalue weighted by molar-refractivity contribution is -0.116. The van der Waals surface area contributed by atoms with E-state index in [-0.39, 0.29) is 29.7 Å². The monoisotopic (exact) mass is 391 g/mol. The van der Waals surface area contributed by atoms with Crippen molar-refractivity contribution in [3.05, 3.63) is 60.2 Å². The average Bonchev–Trinajstić information content (AvgIpc) is 2.68. The molecule has 0 aliphatic rings. The van der Waals surface area contributed by atoms with Crippen molar-refractivity contribution in [1.29, 1.82) is 0 Å². The van der Waals surface area contributed by atoms with Crippen molar-refractivity contribution < 1.29 is 22.8 Å². The predicted octanol–water partition coefficient (Wildman–Crippen LogP) is 1.63. The van der Waals surface area contributed by atoms with E-state index in [0.29, 0.717) is 11.3 Å². The van der Waals surface area contributed by atoms with Crippen molar-refractivity contribution in [2.75, 3.05) is 26.0 Å². The molecule has 0 fully saturated rings. The van der Waals surface area contributed by atoms with E-state index >= 15 is 0 Å². The number of hydrogen-bond acceptors (Lipinski definition) is 5. The summed E-state index contributed by atoms with van der Waals surface area (Å²) in [6.45, 7) is 0.185. The molecule has 2 rings (SSSR count). The van der Waals surface area contributed by atoms with E-state index in [1.165, 1.54) is 38.4 Å². The summed E-state index contributed by atoms with van der Waals surface area (Å²) in [4.78, 5) is 28.6. The third-order valence-electron chi connectivity index (χ3n) is 3.71. The first kappa shape index (κ1) is 20.6. The van der Waals surface area contributed by atoms with E-state index in [2.05, 4.69) is 10.6 Å². The average molecular weight is 391 g/mol. The van der Waals surface area contributed by atoms with E-state index in [0.717, 1.165) is 4.47 Å². The zero-order chi connectivity index (χ0) is 19.9. The van der Waals surface area contributed by atoms with Gasteiger partial charge < -0.3 is 10.6 Å². The lowest BCUT2D eigenvalue weighted by Crippen LogP contribution is -2.27. The molecule has 144 valence electrons. The van der Waals surface area contributed by atoms with Gasteiger partial charge in [-0.2, -0.15) is 0 Å². The van der Waals surface area contributed by atoms with Gasteiger partial charge in [-0.05, 0) is 36.4 Å². The van der Waals surface area contributed by atoms with Crippen LogP contribution >= 0.6 is 0 Å². The van der Waals surface area contributed by atoms with Gasteiger partial charge in [0.1, 0.15) is 0 Å². The van der Waals surface area contributed by atoms with Crippen LogP contribution in [0, 0.1) is 0 Å². The van der Waals surface area contributed by atoms with Crippen molar-refractivity contribution in [1.82, 2.24) is 9.79 Å². The molecule has 0 aliphatic heterocycles. The number of anilines is 1. The van der Waals surface area contributed by atoms with Crippen molar-refractivity contribution in [2.45, 2.75) is 11.3 Å². The molecule has 0 unspecified atom stereocenters. The van der Waals surface area contributed by atoms with Crippen LogP contribution in [0.4, 0.5) is 5.69 Å². The van der Waals surface area contributed by atoms with Gasteiger partial charge >= 0.3 is 0 Å². The molecular formula is C18H21N3O5S. The van der Waals surface area contributed by atoms with Crippen LogP contribution in [0.1, 0.15) is 16.8 Å². The third kappa shape index (κ3) is 5.61. The van der Waals surface area contributed by atoms with Crippen molar-refractivity contribution in [2.24, 2.45) is 0 Å². The predicted molar refractivity (Wildman–Crippen MR) is 100 cm³/mol. The van der Waals surface area contributed by atoms with Crippen LogP contribution in [0.15, 0.2) is 59.5 Å². The Morgan fingerprint density at radius 3 is 2.26 bits per heavy atom. The topological polar surface area (TPSA) is 105 Å². The summed E-state index contributed by atoms with van der Waals surface area (Å²) in [6, 6.07) is 14.4. The molecule has 0 heterocycles. The van der Waals surface area contributed by atoms with Crippen LogP contribution in [-0.4, -0.2) is 45.4 Å². The van der Waals surface area contributed by atoms with E-state index in [4.69, 9.17) is 4.84 Å². The number of benzene rings is 2. The number of rotatable bonds is 8. The molecule has 9 heteroatoms. The molecule has 8 nitrogen and oxygen atoms in total. The summed E-state index contributed by atoms with van der Waals surface area (Å²) in [5.74, 6) is -0.548. The number of nitrogens with one attached hydrogen (secondary N) is 2. The number of amides is 2. The maximum Gasteiger partial charge on any atom is 0.264 e. The van der Waals surface area contributed by atoms with Gasteiger partial charge in [0.2, 0.25) is 5.91 Å². The van der Waals surface area contributed by atoms with Gasteiger partial charge in [0, 0.05) is 31.3 Å². The molecule has 2 N–H and O–H groups in total. The maximum atomic E-state index is 12.1. The third-order valence-corrected chi connectivity index (χ3v) is 5.40. The molecule has 2 aromatic rings. The van der Waals surface area contributed by atoms with Crippen molar-refractivity contribution in [3.8, 4) is 0 Å². The molecule has 0 radical (unpaired) electrons.